The maximum atomic E-state index is 6.13. The van der Waals surface area contributed by atoms with Crippen LogP contribution < -0.4 is 13.6 Å². The van der Waals surface area contributed by atoms with Gasteiger partial charge in [0.15, 0.2) is 0 Å². The smallest absolute Gasteiger partial charge is 0.309 e. The predicted molar refractivity (Wildman–Crippen MR) is 120 cm³/mol. The van der Waals surface area contributed by atoms with Gasteiger partial charge in [-0.15, -0.1) is 0 Å². The van der Waals surface area contributed by atoms with Gasteiger partial charge in [0.05, 0.1) is 0 Å². The first-order chi connectivity index (χ1) is 10.9. The van der Waals surface area contributed by atoms with Gasteiger partial charge in [-0.2, -0.15) is 15.0 Å². The lowest BCUT2D eigenvalue weighted by molar-refractivity contribution is 0.508. The number of aromatic nitrogens is 3. The molecule has 0 fully saturated rings. The minimum atomic E-state index is -1.79. The van der Waals surface area contributed by atoms with Crippen molar-refractivity contribution in [3.05, 3.63) is 0 Å². The minimum Gasteiger partial charge on any atom is -0.518 e. The maximum Gasteiger partial charge on any atom is 0.309 e. The zero-order valence-corrected chi connectivity index (χ0v) is 22.2. The highest BCUT2D eigenvalue weighted by Gasteiger charge is 2.37. The number of hydrogen-bond donors (Lipinski definition) is 1. The fraction of sp³-hybridized carbons (Fsp3) is 0.800. The number of nitrogens with zero attached hydrogens (tertiary/aromatic N) is 4. The Morgan fingerprint density at radius 2 is 1.20 bits per heavy atom. The van der Waals surface area contributed by atoms with Crippen molar-refractivity contribution in [2.45, 2.75) is 78.6 Å². The second-order valence-electron chi connectivity index (χ2n) is 10.5. The fourth-order valence-electron chi connectivity index (χ4n) is 2.76. The molecule has 0 aliphatic heterocycles. The normalized spacial score (nSPS) is 13.6. The number of hydrogen-bond acceptors (Lipinski definition) is 6. The van der Waals surface area contributed by atoms with E-state index in [1.165, 1.54) is 0 Å². The number of anilines is 2. The van der Waals surface area contributed by atoms with E-state index in [1.54, 1.807) is 0 Å². The fourth-order valence-corrected chi connectivity index (χ4v) is 13.6. The zero-order chi connectivity index (χ0) is 19.8. The summed E-state index contributed by atoms with van der Waals surface area (Å²) >= 11 is 0. The molecule has 1 N–H and O–H groups in total. The molecule has 25 heavy (non-hydrogen) atoms. The van der Waals surface area contributed by atoms with Gasteiger partial charge >= 0.3 is 6.01 Å². The molecule has 0 aliphatic carbocycles. The Kier molecular flexibility index (Phi) is 6.36. The van der Waals surface area contributed by atoms with E-state index < -0.39 is 33.0 Å². The van der Waals surface area contributed by atoms with Gasteiger partial charge in [-0.25, -0.2) is 0 Å². The van der Waals surface area contributed by atoms with Crippen LogP contribution in [0.5, 0.6) is 6.01 Å². The third-order valence-corrected chi connectivity index (χ3v) is 11.9. The summed E-state index contributed by atoms with van der Waals surface area (Å²) in [7, 11) is -6.65. The Hall–Kier alpha value is -0.722. The lowest BCUT2D eigenvalue weighted by Crippen LogP contribution is -2.60. The summed E-state index contributed by atoms with van der Waals surface area (Å²) in [5.41, 5.74) is 0. The lowest BCUT2D eigenvalue weighted by atomic mass is 10.9. The Morgan fingerprint density at radius 3 is 1.56 bits per heavy atom. The quantitative estimate of drug-likeness (QED) is 0.645. The average Bonchev–Trinajstić information content (AvgIpc) is 2.17. The summed E-state index contributed by atoms with van der Waals surface area (Å²) in [6.45, 7) is 27.3. The van der Waals surface area contributed by atoms with Gasteiger partial charge in [0.25, 0.3) is 0 Å². The van der Waals surface area contributed by atoms with Crippen molar-refractivity contribution >= 4 is 44.9 Å². The minimum absolute atomic E-state index is 0.464. The Bertz CT molecular complexity index is 552. The molecule has 0 spiro atoms. The van der Waals surface area contributed by atoms with Gasteiger partial charge in [0.2, 0.25) is 20.2 Å². The van der Waals surface area contributed by atoms with Crippen LogP contribution in [0.2, 0.25) is 78.6 Å². The third-order valence-electron chi connectivity index (χ3n) is 3.03. The summed E-state index contributed by atoms with van der Waals surface area (Å²) in [6.07, 6.45) is 0. The van der Waals surface area contributed by atoms with E-state index in [2.05, 4.69) is 92.8 Å². The van der Waals surface area contributed by atoms with Crippen molar-refractivity contribution < 1.29 is 4.43 Å². The largest absolute Gasteiger partial charge is 0.518 e. The zero-order valence-electron chi connectivity index (χ0n) is 18.2. The summed E-state index contributed by atoms with van der Waals surface area (Å²) in [5, 5.41) is 0. The molecule has 1 heterocycles. The molecule has 0 bridgehead atoms. The maximum absolute atomic E-state index is 6.13. The molecule has 0 saturated carbocycles. The molecular weight excluding hydrogens is 379 g/mol. The van der Waals surface area contributed by atoms with E-state index in [0.717, 1.165) is 5.95 Å². The third kappa shape index (κ3) is 7.58. The lowest BCUT2D eigenvalue weighted by Gasteiger charge is -2.43. The second kappa shape index (κ2) is 7.12. The Morgan fingerprint density at radius 1 is 0.720 bits per heavy atom. The molecule has 0 saturated heterocycles. The van der Waals surface area contributed by atoms with E-state index in [4.69, 9.17) is 14.4 Å². The van der Waals surface area contributed by atoms with E-state index in [9.17, 15) is 0 Å². The summed E-state index contributed by atoms with van der Waals surface area (Å²) in [6, 6.07) is 0.464. The van der Waals surface area contributed by atoms with Crippen molar-refractivity contribution in [3.63, 3.8) is 0 Å². The van der Waals surface area contributed by atoms with Gasteiger partial charge < -0.3 is 13.6 Å². The molecule has 0 unspecified atom stereocenters. The molecule has 0 amide bonds. The van der Waals surface area contributed by atoms with E-state index >= 15 is 0 Å². The summed E-state index contributed by atoms with van der Waals surface area (Å²) < 4.78 is 8.64. The van der Waals surface area contributed by atoms with Crippen LogP contribution in [-0.2, 0) is 0 Å². The van der Waals surface area contributed by atoms with Crippen molar-refractivity contribution in [1.29, 1.82) is 0 Å². The summed E-state index contributed by atoms with van der Waals surface area (Å²) in [4.78, 5) is 17.6. The van der Waals surface area contributed by atoms with Crippen LogP contribution in [-0.4, -0.2) is 48.0 Å². The van der Waals surface area contributed by atoms with Gasteiger partial charge in [-0.3, -0.25) is 0 Å². The highest BCUT2D eigenvalue weighted by atomic mass is 28.4. The first kappa shape index (κ1) is 22.3. The molecule has 1 aromatic rings. The molecular formula is C15H37N5OSi4. The molecule has 0 atom stereocenters. The van der Waals surface area contributed by atoms with Crippen LogP contribution in [0.4, 0.5) is 11.9 Å². The first-order valence-electron chi connectivity index (χ1n) is 8.92. The monoisotopic (exact) mass is 415 g/mol. The van der Waals surface area contributed by atoms with E-state index in [1.807, 2.05) is 0 Å². The van der Waals surface area contributed by atoms with E-state index in [-0.39, 0.29) is 0 Å². The molecule has 1 aromatic heterocycles. The van der Waals surface area contributed by atoms with Gasteiger partial charge in [-0.05, 0) is 19.6 Å². The topological polar surface area (TPSA) is 63.2 Å². The highest BCUT2D eigenvalue weighted by molar-refractivity contribution is 6.99. The van der Waals surface area contributed by atoms with Crippen LogP contribution in [0.3, 0.4) is 0 Å². The van der Waals surface area contributed by atoms with Gasteiger partial charge in [0, 0.05) is 0 Å². The Balaban J connectivity index is 3.51. The summed E-state index contributed by atoms with van der Waals surface area (Å²) in [5.74, 6) is 1.43. The average molecular weight is 416 g/mol. The molecule has 0 aromatic carbocycles. The number of nitrogens with one attached hydrogen (secondary N) is 1. The Labute approximate surface area is 158 Å². The van der Waals surface area contributed by atoms with Crippen molar-refractivity contribution in [3.8, 4) is 6.01 Å². The molecule has 10 heteroatoms. The van der Waals surface area contributed by atoms with Crippen LogP contribution in [0.15, 0.2) is 0 Å². The SMILES string of the molecule is C[Si](C)(C)Nc1nc(O[Si](C)(C)C)nc(N([Si](C)(C)C)[Si](C)(C)C)n1. The van der Waals surface area contributed by atoms with Crippen molar-refractivity contribution in [2.75, 3.05) is 9.21 Å². The molecule has 0 aliphatic rings. The van der Waals surface area contributed by atoms with Crippen LogP contribution in [0, 0.1) is 0 Å². The van der Waals surface area contributed by atoms with Crippen molar-refractivity contribution in [2.24, 2.45) is 0 Å². The molecule has 0 radical (unpaired) electrons. The first-order valence-corrected chi connectivity index (χ1v) is 22.7. The molecule has 6 nitrogen and oxygen atoms in total. The second-order valence-corrected chi connectivity index (χ2v) is 29.7. The van der Waals surface area contributed by atoms with Crippen LogP contribution in [0.25, 0.3) is 0 Å². The number of rotatable bonds is 7. The van der Waals surface area contributed by atoms with Gasteiger partial charge in [-0.1, -0.05) is 58.9 Å². The standard InChI is InChI=1S/C15H37N5OSi4/c1-22(2,3)19-13-16-14(18-15(17-13)21-25(10,11)12)20(23(4,5)6)24(7,8)9/h1-12H3,(H,16,17,18,19). The molecule has 144 valence electrons. The van der Waals surface area contributed by atoms with Crippen LogP contribution >= 0.6 is 0 Å². The van der Waals surface area contributed by atoms with Crippen LogP contribution in [0.1, 0.15) is 0 Å². The predicted octanol–water partition coefficient (Wildman–Crippen LogP) is 4.81. The molecule has 1 rings (SSSR count). The van der Waals surface area contributed by atoms with Gasteiger partial charge in [0.1, 0.15) is 24.7 Å². The highest BCUT2D eigenvalue weighted by Crippen LogP contribution is 2.28. The van der Waals surface area contributed by atoms with Crippen molar-refractivity contribution in [1.82, 2.24) is 15.0 Å². The van der Waals surface area contributed by atoms with E-state index in [0.29, 0.717) is 12.0 Å².